The van der Waals surface area contributed by atoms with E-state index < -0.39 is 23.2 Å². The van der Waals surface area contributed by atoms with Crippen molar-refractivity contribution < 1.29 is 22.4 Å². The van der Waals surface area contributed by atoms with Gasteiger partial charge in [-0.1, -0.05) is 35.5 Å². The summed E-state index contributed by atoms with van der Waals surface area (Å²) in [4.78, 5) is 20.2. The number of alkyl halides is 3. The molecule has 0 unspecified atom stereocenters. The third-order valence-electron chi connectivity index (χ3n) is 3.75. The van der Waals surface area contributed by atoms with Crippen LogP contribution in [0.3, 0.4) is 0 Å². The van der Waals surface area contributed by atoms with Crippen molar-refractivity contribution in [2.24, 2.45) is 0 Å². The van der Waals surface area contributed by atoms with E-state index >= 15 is 0 Å². The molecule has 0 bridgehead atoms. The summed E-state index contributed by atoms with van der Waals surface area (Å²) in [5.41, 5.74) is -0.835. The number of aromatic nitrogens is 2. The molecular weight excluding hydrogens is 441 g/mol. The van der Waals surface area contributed by atoms with Crippen molar-refractivity contribution in [1.29, 1.82) is 5.26 Å². The maximum atomic E-state index is 13.6. The summed E-state index contributed by atoms with van der Waals surface area (Å²) in [6.07, 6.45) is -3.44. The van der Waals surface area contributed by atoms with E-state index in [0.29, 0.717) is 28.0 Å². The number of nitrogens with zero attached hydrogens (tertiary/aromatic N) is 3. The Hall–Kier alpha value is -3.03. The highest BCUT2D eigenvalue weighted by atomic mass is 35.5. The molecule has 0 saturated carbocycles. The van der Waals surface area contributed by atoms with Gasteiger partial charge in [-0.05, 0) is 25.1 Å². The molecule has 0 spiro atoms. The quantitative estimate of drug-likeness (QED) is 0.527. The number of aryl methyl sites for hydroxylation is 1. The Kier molecular flexibility index (Phi) is 6.34. The highest BCUT2D eigenvalue weighted by molar-refractivity contribution is 8.00. The molecule has 0 radical (unpaired) electrons. The number of carbonyl (C=O) groups excluding carboxylic acids is 1. The van der Waals surface area contributed by atoms with Crippen LogP contribution in [-0.4, -0.2) is 21.6 Å². The molecule has 2 aromatic heterocycles. The number of nitriles is 1. The number of carbonyl (C=O) groups is 1. The number of benzene rings is 1. The molecular formula is C19H12ClF3N4O2S. The fourth-order valence-corrected chi connectivity index (χ4v) is 3.36. The zero-order chi connectivity index (χ0) is 21.9. The molecule has 0 saturated heterocycles. The Bertz CT molecular complexity index is 1120. The minimum absolute atomic E-state index is 0.00391. The second kappa shape index (κ2) is 8.77. The number of hydrogen-bond acceptors (Lipinski definition) is 6. The van der Waals surface area contributed by atoms with Gasteiger partial charge in [0.15, 0.2) is 0 Å². The topological polar surface area (TPSA) is 91.8 Å². The standard InChI is InChI=1S/C19H12ClF3N4O2S/c1-10-8-29-18(25-10)27-16(28)9-30-17-13(7-24)14(19(21,22)23)6-15(26-17)11-2-4-12(20)5-3-11/h2-6,8H,9H2,1H3,(H,25,27,28). The van der Waals surface area contributed by atoms with E-state index in [2.05, 4.69) is 15.3 Å². The smallest absolute Gasteiger partial charge is 0.417 e. The van der Waals surface area contributed by atoms with Gasteiger partial charge in [-0.15, -0.1) is 0 Å². The first-order valence-electron chi connectivity index (χ1n) is 8.30. The molecule has 0 aliphatic heterocycles. The zero-order valence-electron chi connectivity index (χ0n) is 15.2. The number of nitrogens with one attached hydrogen (secondary N) is 1. The predicted molar refractivity (Wildman–Crippen MR) is 105 cm³/mol. The van der Waals surface area contributed by atoms with Crippen LogP contribution in [-0.2, 0) is 11.0 Å². The Morgan fingerprint density at radius 1 is 1.30 bits per heavy atom. The number of thioether (sulfide) groups is 1. The second-order valence-corrected chi connectivity index (χ2v) is 7.38. The zero-order valence-corrected chi connectivity index (χ0v) is 16.8. The highest BCUT2D eigenvalue weighted by Crippen LogP contribution is 2.38. The molecule has 30 heavy (non-hydrogen) atoms. The summed E-state index contributed by atoms with van der Waals surface area (Å²) in [5, 5.41) is 11.9. The highest BCUT2D eigenvalue weighted by Gasteiger charge is 2.36. The summed E-state index contributed by atoms with van der Waals surface area (Å²) in [6, 6.07) is 8.39. The first-order chi connectivity index (χ1) is 14.2. The van der Waals surface area contributed by atoms with Crippen LogP contribution in [0.15, 0.2) is 46.0 Å². The van der Waals surface area contributed by atoms with Gasteiger partial charge in [-0.2, -0.15) is 23.4 Å². The fraction of sp³-hybridized carbons (Fsp3) is 0.158. The summed E-state index contributed by atoms with van der Waals surface area (Å²) >= 11 is 6.54. The van der Waals surface area contributed by atoms with Crippen molar-refractivity contribution in [1.82, 2.24) is 9.97 Å². The van der Waals surface area contributed by atoms with Gasteiger partial charge in [0.25, 0.3) is 0 Å². The molecule has 1 N–H and O–H groups in total. The van der Waals surface area contributed by atoms with Crippen LogP contribution in [0.4, 0.5) is 19.2 Å². The van der Waals surface area contributed by atoms with Gasteiger partial charge in [0.05, 0.1) is 28.3 Å². The van der Waals surface area contributed by atoms with Gasteiger partial charge in [-0.3, -0.25) is 10.1 Å². The average molecular weight is 453 g/mol. The van der Waals surface area contributed by atoms with Crippen molar-refractivity contribution in [2.45, 2.75) is 18.1 Å². The molecule has 0 aliphatic rings. The molecule has 0 aliphatic carbocycles. The Morgan fingerprint density at radius 2 is 2.00 bits per heavy atom. The summed E-state index contributed by atoms with van der Waals surface area (Å²) in [6.45, 7) is 1.66. The third kappa shape index (κ3) is 5.11. The Morgan fingerprint density at radius 3 is 2.57 bits per heavy atom. The number of hydrogen-bond donors (Lipinski definition) is 1. The summed E-state index contributed by atoms with van der Waals surface area (Å²) in [5.74, 6) is -0.872. The first-order valence-corrected chi connectivity index (χ1v) is 9.67. The number of rotatable bonds is 5. The minimum atomic E-state index is -4.78. The minimum Gasteiger partial charge on any atom is -0.432 e. The maximum absolute atomic E-state index is 13.6. The molecule has 3 aromatic rings. The van der Waals surface area contributed by atoms with E-state index in [9.17, 15) is 23.2 Å². The van der Waals surface area contributed by atoms with Crippen LogP contribution in [0.1, 0.15) is 16.8 Å². The van der Waals surface area contributed by atoms with Crippen molar-refractivity contribution in [2.75, 3.05) is 11.1 Å². The average Bonchev–Trinajstić information content (AvgIpc) is 3.10. The fourth-order valence-electron chi connectivity index (χ4n) is 2.43. The van der Waals surface area contributed by atoms with Crippen molar-refractivity contribution in [3.8, 4) is 17.3 Å². The molecule has 0 fully saturated rings. The molecule has 11 heteroatoms. The van der Waals surface area contributed by atoms with Crippen LogP contribution in [0.25, 0.3) is 11.3 Å². The molecule has 0 atom stereocenters. The van der Waals surface area contributed by atoms with Gasteiger partial charge in [0.2, 0.25) is 5.91 Å². The van der Waals surface area contributed by atoms with Crippen LogP contribution in [0, 0.1) is 18.3 Å². The predicted octanol–water partition coefficient (Wildman–Crippen LogP) is 5.32. The molecule has 6 nitrogen and oxygen atoms in total. The second-order valence-electron chi connectivity index (χ2n) is 5.98. The number of amides is 1. The lowest BCUT2D eigenvalue weighted by molar-refractivity contribution is -0.138. The number of anilines is 1. The summed E-state index contributed by atoms with van der Waals surface area (Å²) < 4.78 is 45.7. The Labute approximate surface area is 178 Å². The molecule has 2 heterocycles. The SMILES string of the molecule is Cc1coc(NC(=O)CSc2nc(-c3ccc(Cl)cc3)cc(C(F)(F)F)c2C#N)n1. The van der Waals surface area contributed by atoms with E-state index in [0.717, 1.165) is 6.07 Å². The monoisotopic (exact) mass is 452 g/mol. The molecule has 3 rings (SSSR count). The van der Waals surface area contributed by atoms with E-state index in [1.54, 1.807) is 13.0 Å². The maximum Gasteiger partial charge on any atom is 0.417 e. The largest absolute Gasteiger partial charge is 0.432 e. The number of halogens is 4. The number of oxazole rings is 1. The van der Waals surface area contributed by atoms with Crippen molar-refractivity contribution in [3.05, 3.63) is 58.4 Å². The van der Waals surface area contributed by atoms with E-state index in [1.807, 2.05) is 0 Å². The molecule has 1 amide bonds. The molecule has 154 valence electrons. The van der Waals surface area contributed by atoms with Crippen LogP contribution < -0.4 is 5.32 Å². The van der Waals surface area contributed by atoms with Crippen LogP contribution in [0.2, 0.25) is 5.02 Å². The normalized spacial score (nSPS) is 11.2. The lowest BCUT2D eigenvalue weighted by Gasteiger charge is -2.14. The molecule has 1 aromatic carbocycles. The third-order valence-corrected chi connectivity index (χ3v) is 4.98. The van der Waals surface area contributed by atoms with Gasteiger partial charge >= 0.3 is 12.2 Å². The van der Waals surface area contributed by atoms with E-state index in [-0.39, 0.29) is 22.5 Å². The van der Waals surface area contributed by atoms with Gasteiger partial charge in [0.1, 0.15) is 17.4 Å². The van der Waals surface area contributed by atoms with Crippen LogP contribution >= 0.6 is 23.4 Å². The number of pyridine rings is 1. The summed E-state index contributed by atoms with van der Waals surface area (Å²) in [7, 11) is 0. The van der Waals surface area contributed by atoms with Crippen LogP contribution in [0.5, 0.6) is 0 Å². The van der Waals surface area contributed by atoms with Crippen molar-refractivity contribution >= 4 is 35.3 Å². The Balaban J connectivity index is 1.93. The first kappa shape index (κ1) is 21.7. The van der Waals surface area contributed by atoms with E-state index in [1.165, 1.54) is 30.5 Å². The lowest BCUT2D eigenvalue weighted by Crippen LogP contribution is -2.15. The van der Waals surface area contributed by atoms with Gasteiger partial charge < -0.3 is 4.42 Å². The van der Waals surface area contributed by atoms with E-state index in [4.69, 9.17) is 16.0 Å². The van der Waals surface area contributed by atoms with Crippen molar-refractivity contribution in [3.63, 3.8) is 0 Å². The lowest BCUT2D eigenvalue weighted by atomic mass is 10.1. The van der Waals surface area contributed by atoms with Gasteiger partial charge in [-0.25, -0.2) is 4.98 Å². The van der Waals surface area contributed by atoms with Gasteiger partial charge in [0, 0.05) is 10.6 Å².